The van der Waals surface area contributed by atoms with E-state index in [4.69, 9.17) is 11.6 Å². The van der Waals surface area contributed by atoms with E-state index in [2.05, 4.69) is 45.9 Å². The van der Waals surface area contributed by atoms with Gasteiger partial charge in [0.1, 0.15) is 0 Å². The number of carbonyl (C=O) groups excluding carboxylic acids is 2. The molecule has 0 atom stereocenters. The van der Waals surface area contributed by atoms with Crippen LogP contribution in [0.15, 0.2) is 48.5 Å². The first-order valence-corrected chi connectivity index (χ1v) is 12.3. The summed E-state index contributed by atoms with van der Waals surface area (Å²) in [5, 5.41) is 5.93. The van der Waals surface area contributed by atoms with E-state index >= 15 is 0 Å². The van der Waals surface area contributed by atoms with Crippen LogP contribution in [0.1, 0.15) is 56.5 Å². The molecule has 5 nitrogen and oxygen atoms in total. The third kappa shape index (κ3) is 6.73. The summed E-state index contributed by atoms with van der Waals surface area (Å²) in [6, 6.07) is 16.3. The first-order valence-electron chi connectivity index (χ1n) is 11.8. The number of nitrogens with zero attached hydrogens (tertiary/aromatic N) is 1. The van der Waals surface area contributed by atoms with Crippen LogP contribution in [-0.4, -0.2) is 36.8 Å². The molecule has 0 aliphatic carbocycles. The summed E-state index contributed by atoms with van der Waals surface area (Å²) < 4.78 is 0. The fourth-order valence-electron chi connectivity index (χ4n) is 4.10. The van der Waals surface area contributed by atoms with Gasteiger partial charge in [0.15, 0.2) is 0 Å². The predicted molar refractivity (Wildman–Crippen MR) is 137 cm³/mol. The summed E-state index contributed by atoms with van der Waals surface area (Å²) in [5.74, 6) is 0.574. The molecule has 1 aliphatic rings. The van der Waals surface area contributed by atoms with Gasteiger partial charge in [-0.1, -0.05) is 30.3 Å². The molecule has 1 saturated heterocycles. The predicted octanol–water partition coefficient (Wildman–Crippen LogP) is 5.49. The Morgan fingerprint density at radius 2 is 1.76 bits per heavy atom. The van der Waals surface area contributed by atoms with Gasteiger partial charge in [0, 0.05) is 36.4 Å². The largest absolute Gasteiger partial charge is 0.371 e. The van der Waals surface area contributed by atoms with Gasteiger partial charge in [0.2, 0.25) is 5.91 Å². The highest BCUT2D eigenvalue weighted by atomic mass is 35.5. The zero-order valence-electron chi connectivity index (χ0n) is 20.2. The number of amides is 2. The van der Waals surface area contributed by atoms with Gasteiger partial charge in [-0.05, 0) is 76.6 Å². The van der Waals surface area contributed by atoms with Gasteiger partial charge >= 0.3 is 0 Å². The van der Waals surface area contributed by atoms with E-state index in [-0.39, 0.29) is 23.7 Å². The van der Waals surface area contributed by atoms with Crippen LogP contribution in [0.25, 0.3) is 0 Å². The molecule has 0 aromatic heterocycles. The van der Waals surface area contributed by atoms with E-state index in [0.29, 0.717) is 17.2 Å². The Morgan fingerprint density at radius 1 is 1.09 bits per heavy atom. The van der Waals surface area contributed by atoms with Crippen LogP contribution in [0.3, 0.4) is 0 Å². The maximum Gasteiger partial charge on any atom is 0.253 e. The molecule has 2 aromatic rings. The fraction of sp³-hybridized carbons (Fsp3) is 0.481. The van der Waals surface area contributed by atoms with Crippen LogP contribution in [0.5, 0.6) is 0 Å². The van der Waals surface area contributed by atoms with Crippen molar-refractivity contribution in [2.45, 2.75) is 53.0 Å². The lowest BCUT2D eigenvalue weighted by Crippen LogP contribution is -2.37. The van der Waals surface area contributed by atoms with Crippen molar-refractivity contribution in [1.29, 1.82) is 0 Å². The summed E-state index contributed by atoms with van der Waals surface area (Å²) in [7, 11) is 0. The molecular weight excluding hydrogens is 434 g/mol. The van der Waals surface area contributed by atoms with E-state index < -0.39 is 5.41 Å². The average molecular weight is 470 g/mol. The van der Waals surface area contributed by atoms with Gasteiger partial charge in [-0.15, -0.1) is 11.6 Å². The fourth-order valence-corrected chi connectivity index (χ4v) is 4.22. The Balaban J connectivity index is 1.76. The molecule has 3 rings (SSSR count). The van der Waals surface area contributed by atoms with Gasteiger partial charge < -0.3 is 15.5 Å². The van der Waals surface area contributed by atoms with Crippen molar-refractivity contribution in [2.24, 2.45) is 11.3 Å². The number of hydrogen-bond acceptors (Lipinski definition) is 3. The molecule has 0 spiro atoms. The Morgan fingerprint density at radius 3 is 2.36 bits per heavy atom. The molecule has 2 aromatic carbocycles. The van der Waals surface area contributed by atoms with Crippen molar-refractivity contribution >= 4 is 34.8 Å². The molecule has 6 heteroatoms. The minimum atomic E-state index is -0.693. The van der Waals surface area contributed by atoms with Crippen molar-refractivity contribution in [3.05, 3.63) is 59.7 Å². The maximum absolute atomic E-state index is 13.0. The standard InChI is InChI=1S/C27H36ClN3O2/c1-19(2)29-25(32)23-17-22(30-26(33)27(3,4)18-28)10-11-24(23)31-14-12-21(13-15-31)16-20-8-6-5-7-9-20/h5-11,17,19,21H,12-16,18H2,1-4H3,(H,29,32)(H,30,33). The minimum absolute atomic E-state index is 0.0235. The van der Waals surface area contributed by atoms with Crippen molar-refractivity contribution in [1.82, 2.24) is 5.32 Å². The summed E-state index contributed by atoms with van der Waals surface area (Å²) in [4.78, 5) is 27.9. The van der Waals surface area contributed by atoms with Gasteiger partial charge in [-0.3, -0.25) is 9.59 Å². The molecule has 0 radical (unpaired) electrons. The minimum Gasteiger partial charge on any atom is -0.371 e. The zero-order valence-corrected chi connectivity index (χ0v) is 20.9. The number of halogens is 1. The highest BCUT2D eigenvalue weighted by molar-refractivity contribution is 6.20. The van der Waals surface area contributed by atoms with Crippen LogP contribution in [0.4, 0.5) is 11.4 Å². The van der Waals surface area contributed by atoms with Crippen molar-refractivity contribution in [3.8, 4) is 0 Å². The third-order valence-electron chi connectivity index (χ3n) is 6.19. The van der Waals surface area contributed by atoms with Gasteiger partial charge in [0.25, 0.3) is 5.91 Å². The number of alkyl halides is 1. The number of anilines is 2. The maximum atomic E-state index is 13.0. The number of benzene rings is 2. The molecule has 0 unspecified atom stereocenters. The van der Waals surface area contributed by atoms with Crippen LogP contribution in [0.2, 0.25) is 0 Å². The van der Waals surface area contributed by atoms with E-state index in [1.807, 2.05) is 26.0 Å². The average Bonchev–Trinajstić information content (AvgIpc) is 2.80. The lowest BCUT2D eigenvalue weighted by molar-refractivity contribution is -0.122. The SMILES string of the molecule is CC(C)NC(=O)c1cc(NC(=O)C(C)(C)CCl)ccc1N1CCC(Cc2ccccc2)CC1. The first-order chi connectivity index (χ1) is 15.7. The van der Waals surface area contributed by atoms with E-state index in [0.717, 1.165) is 38.0 Å². The lowest BCUT2D eigenvalue weighted by atomic mass is 9.89. The van der Waals surface area contributed by atoms with E-state index in [1.54, 1.807) is 19.9 Å². The van der Waals surface area contributed by atoms with Gasteiger partial charge in [0.05, 0.1) is 11.0 Å². The monoisotopic (exact) mass is 469 g/mol. The highest BCUT2D eigenvalue weighted by Crippen LogP contribution is 2.31. The summed E-state index contributed by atoms with van der Waals surface area (Å²) in [5.41, 5.74) is 2.80. The zero-order chi connectivity index (χ0) is 24.0. The second-order valence-corrected chi connectivity index (χ2v) is 10.2. The number of hydrogen-bond donors (Lipinski definition) is 2. The Kier molecular flexibility index (Phi) is 8.41. The van der Waals surface area contributed by atoms with Crippen LogP contribution in [0, 0.1) is 11.3 Å². The summed E-state index contributed by atoms with van der Waals surface area (Å²) in [6.45, 7) is 9.31. The third-order valence-corrected chi connectivity index (χ3v) is 6.86. The lowest BCUT2D eigenvalue weighted by Gasteiger charge is -2.35. The molecule has 0 saturated carbocycles. The number of carbonyl (C=O) groups is 2. The topological polar surface area (TPSA) is 61.4 Å². The number of rotatable bonds is 8. The van der Waals surface area contributed by atoms with Crippen LogP contribution < -0.4 is 15.5 Å². The van der Waals surface area contributed by atoms with Crippen molar-refractivity contribution in [3.63, 3.8) is 0 Å². The quantitative estimate of drug-likeness (QED) is 0.502. The summed E-state index contributed by atoms with van der Waals surface area (Å²) in [6.07, 6.45) is 3.27. The van der Waals surface area contributed by atoms with E-state index in [1.165, 1.54) is 5.56 Å². The summed E-state index contributed by atoms with van der Waals surface area (Å²) >= 11 is 5.95. The highest BCUT2D eigenvalue weighted by Gasteiger charge is 2.28. The second-order valence-electron chi connectivity index (χ2n) is 9.95. The first kappa shape index (κ1) is 25.1. The Bertz CT molecular complexity index is 951. The Hall–Kier alpha value is -2.53. The van der Waals surface area contributed by atoms with Gasteiger partial charge in [-0.2, -0.15) is 0 Å². The second kappa shape index (κ2) is 11.1. The molecule has 178 valence electrons. The molecule has 2 N–H and O–H groups in total. The van der Waals surface area contributed by atoms with E-state index in [9.17, 15) is 9.59 Å². The normalized spacial score (nSPS) is 14.9. The molecule has 1 fully saturated rings. The van der Waals surface area contributed by atoms with Crippen LogP contribution in [-0.2, 0) is 11.2 Å². The molecule has 2 amide bonds. The molecule has 1 aliphatic heterocycles. The molecule has 0 bridgehead atoms. The smallest absolute Gasteiger partial charge is 0.253 e. The van der Waals surface area contributed by atoms with Crippen LogP contribution >= 0.6 is 11.6 Å². The molecule has 1 heterocycles. The molecule has 33 heavy (non-hydrogen) atoms. The van der Waals surface area contributed by atoms with Crippen molar-refractivity contribution < 1.29 is 9.59 Å². The number of nitrogens with one attached hydrogen (secondary N) is 2. The number of piperidine rings is 1. The molecular formula is C27H36ClN3O2. The Labute approximate surface area is 202 Å². The van der Waals surface area contributed by atoms with Crippen molar-refractivity contribution in [2.75, 3.05) is 29.2 Å². The van der Waals surface area contributed by atoms with Gasteiger partial charge in [-0.25, -0.2) is 0 Å².